The number of likely N-dealkylation sites (tertiary alicyclic amines) is 1. The number of carbonyl (C=O) groups is 3. The van der Waals surface area contributed by atoms with Crippen molar-refractivity contribution in [3.63, 3.8) is 0 Å². The lowest BCUT2D eigenvalue weighted by molar-refractivity contribution is -0.149. The van der Waals surface area contributed by atoms with E-state index in [4.69, 9.17) is 0 Å². The summed E-state index contributed by atoms with van der Waals surface area (Å²) in [5.74, 6) is -0.561. The second-order valence-electron chi connectivity index (χ2n) is 7.03. The van der Waals surface area contributed by atoms with Gasteiger partial charge in [-0.2, -0.15) is 0 Å². The van der Waals surface area contributed by atoms with Crippen LogP contribution in [0.3, 0.4) is 0 Å². The Bertz CT molecular complexity index is 463. The number of carbonyl (C=O) groups excluding carboxylic acids is 2. The molecule has 0 aromatic heterocycles. The lowest BCUT2D eigenvalue weighted by Crippen LogP contribution is -2.41. The molecule has 6 heteroatoms. The van der Waals surface area contributed by atoms with Crippen molar-refractivity contribution >= 4 is 17.8 Å². The van der Waals surface area contributed by atoms with Gasteiger partial charge in [0, 0.05) is 19.5 Å². The molecule has 0 spiro atoms. The minimum Gasteiger partial charge on any atom is -0.481 e. The molecule has 2 fully saturated rings. The maximum Gasteiger partial charge on any atom is 0.311 e. The predicted octanol–water partition coefficient (Wildman–Crippen LogP) is 1.25. The number of fused-ring (bicyclic) bond motifs is 1. The molecule has 22 heavy (non-hydrogen) atoms. The van der Waals surface area contributed by atoms with E-state index in [0.29, 0.717) is 25.3 Å². The molecule has 0 aromatic rings. The van der Waals surface area contributed by atoms with E-state index in [1.165, 1.54) is 0 Å². The maximum atomic E-state index is 12.2. The molecule has 2 rings (SSSR count). The lowest BCUT2D eigenvalue weighted by Gasteiger charge is -2.23. The van der Waals surface area contributed by atoms with Crippen LogP contribution in [0.1, 0.15) is 46.0 Å². The van der Waals surface area contributed by atoms with Crippen LogP contribution in [0.5, 0.6) is 0 Å². The van der Waals surface area contributed by atoms with Crippen LogP contribution in [0.25, 0.3) is 0 Å². The van der Waals surface area contributed by atoms with Crippen molar-refractivity contribution in [1.82, 2.24) is 10.2 Å². The van der Waals surface area contributed by atoms with Crippen LogP contribution >= 0.6 is 0 Å². The van der Waals surface area contributed by atoms with Gasteiger partial charge in [0.2, 0.25) is 11.8 Å². The van der Waals surface area contributed by atoms with E-state index in [2.05, 4.69) is 5.32 Å². The zero-order valence-electron chi connectivity index (χ0n) is 13.4. The monoisotopic (exact) mass is 310 g/mol. The summed E-state index contributed by atoms with van der Waals surface area (Å²) in [4.78, 5) is 37.1. The summed E-state index contributed by atoms with van der Waals surface area (Å²) in [6, 6.07) is 0. The van der Waals surface area contributed by atoms with Gasteiger partial charge in [-0.3, -0.25) is 14.4 Å². The number of carboxylic acid groups (broad SMARTS) is 1. The van der Waals surface area contributed by atoms with Gasteiger partial charge in [0.05, 0.1) is 12.0 Å². The van der Waals surface area contributed by atoms with Crippen LogP contribution in [-0.4, -0.2) is 47.4 Å². The molecule has 1 heterocycles. The highest BCUT2D eigenvalue weighted by atomic mass is 16.4. The molecule has 0 unspecified atom stereocenters. The summed E-state index contributed by atoms with van der Waals surface area (Å²) in [6.45, 7) is 4.86. The van der Waals surface area contributed by atoms with E-state index in [-0.39, 0.29) is 30.8 Å². The number of hydrogen-bond acceptors (Lipinski definition) is 3. The van der Waals surface area contributed by atoms with E-state index in [9.17, 15) is 19.5 Å². The standard InChI is InChI=1S/C16H26N2O4/c1-11(2)5-6-13(19)17-8-14(20)18-9-12-4-3-7-16(12,10-18)15(21)22/h11-12H,3-10H2,1-2H3,(H,17,19)(H,21,22)/t12-,16+/m0/s1. The minimum absolute atomic E-state index is 0.0284. The van der Waals surface area contributed by atoms with Crippen LogP contribution in [0.2, 0.25) is 0 Å². The quantitative estimate of drug-likeness (QED) is 0.773. The third kappa shape index (κ3) is 3.42. The number of carboxylic acids is 1. The summed E-state index contributed by atoms with van der Waals surface area (Å²) in [6.07, 6.45) is 3.67. The Hall–Kier alpha value is -1.59. The Morgan fingerprint density at radius 2 is 2.09 bits per heavy atom. The molecule has 1 aliphatic heterocycles. The zero-order chi connectivity index (χ0) is 16.3. The normalized spacial score (nSPS) is 27.0. The van der Waals surface area contributed by atoms with Gasteiger partial charge in [-0.25, -0.2) is 0 Å². The molecule has 2 aliphatic rings. The summed E-state index contributed by atoms with van der Waals surface area (Å²) < 4.78 is 0. The van der Waals surface area contributed by atoms with Crippen molar-refractivity contribution in [2.24, 2.45) is 17.3 Å². The number of nitrogens with one attached hydrogen (secondary N) is 1. The first kappa shape index (κ1) is 16.8. The van der Waals surface area contributed by atoms with Gasteiger partial charge in [0.25, 0.3) is 0 Å². The smallest absolute Gasteiger partial charge is 0.311 e. The molecule has 1 saturated heterocycles. The summed E-state index contributed by atoms with van der Waals surface area (Å²) >= 11 is 0. The Kier molecular flexibility index (Phi) is 5.08. The highest BCUT2D eigenvalue weighted by Gasteiger charge is 2.55. The van der Waals surface area contributed by atoms with Gasteiger partial charge in [0.1, 0.15) is 0 Å². The minimum atomic E-state index is -0.786. The largest absolute Gasteiger partial charge is 0.481 e. The molecular weight excluding hydrogens is 284 g/mol. The molecule has 0 radical (unpaired) electrons. The van der Waals surface area contributed by atoms with Gasteiger partial charge >= 0.3 is 5.97 Å². The van der Waals surface area contributed by atoms with Crippen LogP contribution in [0.15, 0.2) is 0 Å². The summed E-state index contributed by atoms with van der Waals surface area (Å²) in [5, 5.41) is 12.2. The first-order valence-electron chi connectivity index (χ1n) is 8.13. The second-order valence-corrected chi connectivity index (χ2v) is 7.03. The molecule has 2 amide bonds. The van der Waals surface area contributed by atoms with Crippen LogP contribution in [0, 0.1) is 17.3 Å². The molecule has 124 valence electrons. The molecule has 1 aliphatic carbocycles. The second kappa shape index (κ2) is 6.67. The average molecular weight is 310 g/mol. The zero-order valence-corrected chi connectivity index (χ0v) is 13.4. The van der Waals surface area contributed by atoms with Gasteiger partial charge < -0.3 is 15.3 Å². The van der Waals surface area contributed by atoms with Crippen molar-refractivity contribution in [2.75, 3.05) is 19.6 Å². The van der Waals surface area contributed by atoms with E-state index >= 15 is 0 Å². The maximum absolute atomic E-state index is 12.2. The third-order valence-corrected chi connectivity index (χ3v) is 5.03. The fraction of sp³-hybridized carbons (Fsp3) is 0.812. The SMILES string of the molecule is CC(C)CCC(=O)NCC(=O)N1C[C@@H]2CCC[C@@]2(C(=O)O)C1. The van der Waals surface area contributed by atoms with E-state index in [1.54, 1.807) is 4.90 Å². The van der Waals surface area contributed by atoms with Crippen LogP contribution in [-0.2, 0) is 14.4 Å². The first-order chi connectivity index (χ1) is 10.3. The molecule has 2 N–H and O–H groups in total. The first-order valence-corrected chi connectivity index (χ1v) is 8.13. The van der Waals surface area contributed by atoms with Crippen molar-refractivity contribution in [1.29, 1.82) is 0 Å². The van der Waals surface area contributed by atoms with Crippen molar-refractivity contribution in [2.45, 2.75) is 46.0 Å². The number of nitrogens with zero attached hydrogens (tertiary/aromatic N) is 1. The van der Waals surface area contributed by atoms with Gasteiger partial charge in [-0.15, -0.1) is 0 Å². The fourth-order valence-electron chi connectivity index (χ4n) is 3.62. The summed E-state index contributed by atoms with van der Waals surface area (Å²) in [5.41, 5.74) is -0.753. The van der Waals surface area contributed by atoms with E-state index in [0.717, 1.165) is 19.3 Å². The highest BCUT2D eigenvalue weighted by Crippen LogP contribution is 2.48. The van der Waals surface area contributed by atoms with Gasteiger partial charge in [-0.1, -0.05) is 20.3 Å². The van der Waals surface area contributed by atoms with Crippen molar-refractivity contribution < 1.29 is 19.5 Å². The molecule has 0 aromatic carbocycles. The Labute approximate surface area is 131 Å². The fourth-order valence-corrected chi connectivity index (χ4v) is 3.62. The van der Waals surface area contributed by atoms with Crippen LogP contribution < -0.4 is 5.32 Å². The van der Waals surface area contributed by atoms with Gasteiger partial charge in [-0.05, 0) is 31.1 Å². The topological polar surface area (TPSA) is 86.7 Å². The molecule has 0 bridgehead atoms. The van der Waals surface area contributed by atoms with Crippen molar-refractivity contribution in [3.05, 3.63) is 0 Å². The molecular formula is C16H26N2O4. The Morgan fingerprint density at radius 1 is 1.36 bits per heavy atom. The molecule has 1 saturated carbocycles. The van der Waals surface area contributed by atoms with Crippen molar-refractivity contribution in [3.8, 4) is 0 Å². The molecule has 6 nitrogen and oxygen atoms in total. The van der Waals surface area contributed by atoms with Gasteiger partial charge in [0.15, 0.2) is 0 Å². The van der Waals surface area contributed by atoms with E-state index < -0.39 is 11.4 Å². The lowest BCUT2D eigenvalue weighted by atomic mass is 9.81. The highest BCUT2D eigenvalue weighted by molar-refractivity contribution is 5.86. The van der Waals surface area contributed by atoms with E-state index in [1.807, 2.05) is 13.8 Å². The Morgan fingerprint density at radius 3 is 2.68 bits per heavy atom. The third-order valence-electron chi connectivity index (χ3n) is 5.03. The number of amides is 2. The van der Waals surface area contributed by atoms with Crippen LogP contribution in [0.4, 0.5) is 0 Å². The predicted molar refractivity (Wildman–Crippen MR) is 81.1 cm³/mol. The number of hydrogen-bond donors (Lipinski definition) is 2. The molecule has 2 atom stereocenters. The summed E-state index contributed by atoms with van der Waals surface area (Å²) in [7, 11) is 0. The Balaban J connectivity index is 1.82. The number of rotatable bonds is 6. The average Bonchev–Trinajstić information content (AvgIpc) is 3.00. The number of aliphatic carboxylic acids is 1.